The topological polar surface area (TPSA) is 35.2 Å². The van der Waals surface area contributed by atoms with Crippen LogP contribution in [0, 0.1) is 0 Å². The summed E-state index contributed by atoms with van der Waals surface area (Å²) in [6.45, 7) is 4.29. The fourth-order valence-corrected chi connectivity index (χ4v) is 2.82. The van der Waals surface area contributed by atoms with Crippen LogP contribution in [-0.2, 0) is 0 Å². The second-order valence-corrected chi connectivity index (χ2v) is 6.09. The maximum absolute atomic E-state index is 5.97. The number of halogens is 1. The molecule has 2 rings (SSSR count). The quantitative estimate of drug-likeness (QED) is 0.788. The zero-order chi connectivity index (χ0) is 14.7. The fraction of sp³-hybridized carbons (Fsp3) is 0.188. The third-order valence-electron chi connectivity index (χ3n) is 2.97. The maximum Gasteiger partial charge on any atom is 0.130 e. The van der Waals surface area contributed by atoms with Crippen molar-refractivity contribution in [1.82, 2.24) is 0 Å². The molecule has 0 amide bonds. The lowest BCUT2D eigenvalue weighted by molar-refractivity contribution is 0.473. The van der Waals surface area contributed by atoms with Gasteiger partial charge in [0.25, 0.3) is 0 Å². The van der Waals surface area contributed by atoms with Gasteiger partial charge in [-0.15, -0.1) is 0 Å². The normalized spacial score (nSPS) is 10.6. The van der Waals surface area contributed by atoms with Crippen LogP contribution in [-0.4, -0.2) is 4.99 Å². The number of hydrogen-bond acceptors (Lipinski definition) is 2. The molecule has 2 aromatic rings. The van der Waals surface area contributed by atoms with Gasteiger partial charge in [0, 0.05) is 10.0 Å². The Morgan fingerprint density at radius 3 is 2.50 bits per heavy atom. The highest BCUT2D eigenvalue weighted by Crippen LogP contribution is 2.32. The molecule has 0 aliphatic heterocycles. The summed E-state index contributed by atoms with van der Waals surface area (Å²) in [7, 11) is 0. The monoisotopic (exact) mass is 349 g/mol. The van der Waals surface area contributed by atoms with Gasteiger partial charge in [-0.05, 0) is 51.7 Å². The van der Waals surface area contributed by atoms with Gasteiger partial charge in [0.2, 0.25) is 0 Å². The first-order valence-electron chi connectivity index (χ1n) is 6.35. The lowest BCUT2D eigenvalue weighted by atomic mass is 10.0. The van der Waals surface area contributed by atoms with Crippen molar-refractivity contribution in [2.75, 3.05) is 0 Å². The molecule has 0 aliphatic rings. The van der Waals surface area contributed by atoms with Crippen LogP contribution in [0.25, 0.3) is 0 Å². The molecule has 0 unspecified atom stereocenters. The summed E-state index contributed by atoms with van der Waals surface area (Å²) >= 11 is 8.45. The number of ether oxygens (including phenoxy) is 1. The van der Waals surface area contributed by atoms with E-state index in [1.165, 1.54) is 5.56 Å². The number of para-hydroxylation sites is 1. The minimum atomic E-state index is 0.367. The molecule has 4 heteroatoms. The van der Waals surface area contributed by atoms with Crippen molar-refractivity contribution >= 4 is 33.1 Å². The van der Waals surface area contributed by atoms with Gasteiger partial charge >= 0.3 is 0 Å². The summed E-state index contributed by atoms with van der Waals surface area (Å²) in [6.07, 6.45) is 0. The maximum atomic E-state index is 5.97. The van der Waals surface area contributed by atoms with Crippen molar-refractivity contribution in [2.24, 2.45) is 5.73 Å². The SMILES string of the molecule is CC(C)c1ccccc1Oc1ccc(C(N)=S)c(Br)c1. The Morgan fingerprint density at radius 2 is 1.90 bits per heavy atom. The van der Waals surface area contributed by atoms with E-state index >= 15 is 0 Å². The average Bonchev–Trinajstić information content (AvgIpc) is 2.38. The average molecular weight is 350 g/mol. The first-order valence-corrected chi connectivity index (χ1v) is 7.55. The minimum Gasteiger partial charge on any atom is -0.457 e. The van der Waals surface area contributed by atoms with E-state index in [2.05, 4.69) is 35.8 Å². The summed E-state index contributed by atoms with van der Waals surface area (Å²) in [5.74, 6) is 2.04. The third-order valence-corrected chi connectivity index (χ3v) is 3.85. The van der Waals surface area contributed by atoms with Crippen molar-refractivity contribution in [3.63, 3.8) is 0 Å². The minimum absolute atomic E-state index is 0.367. The number of rotatable bonds is 4. The Bertz CT molecular complexity index is 640. The Morgan fingerprint density at radius 1 is 1.20 bits per heavy atom. The van der Waals surface area contributed by atoms with E-state index in [0.717, 1.165) is 21.5 Å². The lowest BCUT2D eigenvalue weighted by Gasteiger charge is -2.14. The molecule has 0 saturated heterocycles. The highest BCUT2D eigenvalue weighted by atomic mass is 79.9. The van der Waals surface area contributed by atoms with Crippen LogP contribution >= 0.6 is 28.1 Å². The molecule has 2 N–H and O–H groups in total. The molecule has 0 saturated carbocycles. The summed E-state index contributed by atoms with van der Waals surface area (Å²) in [5, 5.41) is 0. The van der Waals surface area contributed by atoms with E-state index in [0.29, 0.717) is 10.9 Å². The molecule has 0 bridgehead atoms. The van der Waals surface area contributed by atoms with Crippen LogP contribution in [0.3, 0.4) is 0 Å². The Balaban J connectivity index is 2.31. The molecule has 0 radical (unpaired) electrons. The van der Waals surface area contributed by atoms with E-state index in [1.807, 2.05) is 36.4 Å². The van der Waals surface area contributed by atoms with E-state index in [4.69, 9.17) is 22.7 Å². The van der Waals surface area contributed by atoms with E-state index < -0.39 is 0 Å². The van der Waals surface area contributed by atoms with Crippen molar-refractivity contribution < 1.29 is 4.74 Å². The first-order chi connectivity index (χ1) is 9.49. The van der Waals surface area contributed by atoms with Gasteiger partial charge in [-0.25, -0.2) is 0 Å². The van der Waals surface area contributed by atoms with E-state index in [1.54, 1.807) is 0 Å². The molecule has 2 aromatic carbocycles. The van der Waals surface area contributed by atoms with Crippen LogP contribution in [0.1, 0.15) is 30.9 Å². The summed E-state index contributed by atoms with van der Waals surface area (Å²) < 4.78 is 6.81. The van der Waals surface area contributed by atoms with Crippen LogP contribution in [0.5, 0.6) is 11.5 Å². The van der Waals surface area contributed by atoms with E-state index in [9.17, 15) is 0 Å². The molecule has 0 atom stereocenters. The molecule has 0 heterocycles. The molecule has 2 nitrogen and oxygen atoms in total. The van der Waals surface area contributed by atoms with Crippen molar-refractivity contribution in [3.05, 3.63) is 58.1 Å². The number of hydrogen-bond donors (Lipinski definition) is 1. The van der Waals surface area contributed by atoms with Crippen molar-refractivity contribution in [3.8, 4) is 11.5 Å². The van der Waals surface area contributed by atoms with Crippen LogP contribution in [0.4, 0.5) is 0 Å². The molecule has 0 aliphatic carbocycles. The lowest BCUT2D eigenvalue weighted by Crippen LogP contribution is -2.09. The van der Waals surface area contributed by atoms with Crippen molar-refractivity contribution in [1.29, 1.82) is 0 Å². The van der Waals surface area contributed by atoms with Gasteiger partial charge in [-0.3, -0.25) is 0 Å². The van der Waals surface area contributed by atoms with Gasteiger partial charge in [0.05, 0.1) is 0 Å². The molecular formula is C16H16BrNOS. The highest BCUT2D eigenvalue weighted by Gasteiger charge is 2.09. The molecule has 0 spiro atoms. The third kappa shape index (κ3) is 3.38. The number of benzene rings is 2. The Hall–Kier alpha value is -1.39. The Kier molecular flexibility index (Phi) is 4.78. The van der Waals surface area contributed by atoms with Crippen LogP contribution < -0.4 is 10.5 Å². The zero-order valence-electron chi connectivity index (χ0n) is 11.4. The molecule has 0 aromatic heterocycles. The standard InChI is InChI=1S/C16H16BrNOS/c1-10(2)12-5-3-4-6-15(12)19-11-7-8-13(16(18)20)14(17)9-11/h3-10H,1-2H3,(H2,18,20). The van der Waals surface area contributed by atoms with Gasteiger partial charge in [0.15, 0.2) is 0 Å². The predicted molar refractivity (Wildman–Crippen MR) is 90.6 cm³/mol. The number of thiocarbonyl (C=S) groups is 1. The fourth-order valence-electron chi connectivity index (χ4n) is 1.94. The van der Waals surface area contributed by atoms with Crippen molar-refractivity contribution in [2.45, 2.75) is 19.8 Å². The highest BCUT2D eigenvalue weighted by molar-refractivity contribution is 9.10. The second kappa shape index (κ2) is 6.37. The molecular weight excluding hydrogens is 334 g/mol. The molecule has 0 fully saturated rings. The molecule has 104 valence electrons. The summed E-state index contributed by atoms with van der Waals surface area (Å²) in [6, 6.07) is 13.7. The van der Waals surface area contributed by atoms with Crippen LogP contribution in [0.2, 0.25) is 0 Å². The van der Waals surface area contributed by atoms with Gasteiger partial charge in [0.1, 0.15) is 16.5 Å². The summed E-state index contributed by atoms with van der Waals surface area (Å²) in [5.41, 5.74) is 7.63. The van der Waals surface area contributed by atoms with Gasteiger partial charge < -0.3 is 10.5 Å². The summed E-state index contributed by atoms with van der Waals surface area (Å²) in [4.78, 5) is 0.367. The predicted octanol–water partition coefficient (Wildman–Crippen LogP) is 5.00. The Labute approximate surface area is 133 Å². The van der Waals surface area contributed by atoms with Crippen LogP contribution in [0.15, 0.2) is 46.9 Å². The first kappa shape index (κ1) is 15.0. The van der Waals surface area contributed by atoms with E-state index in [-0.39, 0.29) is 0 Å². The molecule has 20 heavy (non-hydrogen) atoms. The largest absolute Gasteiger partial charge is 0.457 e. The second-order valence-electron chi connectivity index (χ2n) is 4.80. The smallest absolute Gasteiger partial charge is 0.130 e. The van der Waals surface area contributed by atoms with Gasteiger partial charge in [-0.2, -0.15) is 0 Å². The number of nitrogens with two attached hydrogens (primary N) is 1. The van der Waals surface area contributed by atoms with Gasteiger partial charge in [-0.1, -0.05) is 44.3 Å². The zero-order valence-corrected chi connectivity index (χ0v) is 13.8.